The lowest BCUT2D eigenvalue weighted by atomic mass is 10.1. The standard InChI is InChI=1S/C23H28N4O3S2/c1-17(2)26-32(29,30)16-20-10-6-5-9-19(20)14-25-22(28)15-31-23-24-12-13-27(23)21-11-7-4-8-18(21)3/h4-13,17,26H,14-16H2,1-3H3,(H,25,28). The Bertz CT molecular complexity index is 1170. The fourth-order valence-electron chi connectivity index (χ4n) is 3.26. The second-order valence-corrected chi connectivity index (χ2v) is 10.4. The minimum absolute atomic E-state index is 0.125. The van der Waals surface area contributed by atoms with Gasteiger partial charge in [0.25, 0.3) is 0 Å². The molecule has 2 N–H and O–H groups in total. The van der Waals surface area contributed by atoms with Crippen LogP contribution in [-0.4, -0.2) is 35.7 Å². The van der Waals surface area contributed by atoms with Gasteiger partial charge in [0.2, 0.25) is 15.9 Å². The van der Waals surface area contributed by atoms with Crippen LogP contribution in [0, 0.1) is 6.92 Å². The Labute approximate surface area is 193 Å². The third-order valence-electron chi connectivity index (χ3n) is 4.67. The number of nitrogens with zero attached hydrogens (tertiary/aromatic N) is 2. The minimum atomic E-state index is -3.45. The number of carbonyl (C=O) groups is 1. The van der Waals surface area contributed by atoms with E-state index in [4.69, 9.17) is 0 Å². The van der Waals surface area contributed by atoms with Crippen LogP contribution >= 0.6 is 11.8 Å². The molecule has 0 saturated carbocycles. The highest BCUT2D eigenvalue weighted by Gasteiger charge is 2.16. The van der Waals surface area contributed by atoms with Crippen molar-refractivity contribution in [1.29, 1.82) is 0 Å². The van der Waals surface area contributed by atoms with E-state index in [0.717, 1.165) is 22.0 Å². The van der Waals surface area contributed by atoms with Gasteiger partial charge in [-0.1, -0.05) is 54.2 Å². The quantitative estimate of drug-likeness (QED) is 0.441. The van der Waals surface area contributed by atoms with Gasteiger partial charge in [-0.3, -0.25) is 9.36 Å². The summed E-state index contributed by atoms with van der Waals surface area (Å²) in [4.78, 5) is 16.8. The summed E-state index contributed by atoms with van der Waals surface area (Å²) in [7, 11) is -3.45. The number of sulfonamides is 1. The molecule has 1 aromatic heterocycles. The zero-order chi connectivity index (χ0) is 23.1. The van der Waals surface area contributed by atoms with E-state index >= 15 is 0 Å². The number of nitrogens with one attached hydrogen (secondary N) is 2. The highest BCUT2D eigenvalue weighted by Crippen LogP contribution is 2.22. The number of amides is 1. The maximum Gasteiger partial charge on any atom is 0.230 e. The third-order valence-corrected chi connectivity index (χ3v) is 7.16. The van der Waals surface area contributed by atoms with Crippen molar-refractivity contribution in [1.82, 2.24) is 19.6 Å². The highest BCUT2D eigenvalue weighted by molar-refractivity contribution is 7.99. The molecule has 0 aliphatic heterocycles. The van der Waals surface area contributed by atoms with Crippen LogP contribution in [-0.2, 0) is 27.1 Å². The monoisotopic (exact) mass is 472 g/mol. The Kier molecular flexibility index (Phi) is 8.11. The van der Waals surface area contributed by atoms with Crippen LogP contribution in [0.1, 0.15) is 30.5 Å². The van der Waals surface area contributed by atoms with Crippen molar-refractivity contribution in [3.8, 4) is 5.69 Å². The van der Waals surface area contributed by atoms with Crippen molar-refractivity contribution in [2.24, 2.45) is 0 Å². The van der Waals surface area contributed by atoms with Gasteiger partial charge in [0.05, 0.1) is 17.2 Å². The Morgan fingerprint density at radius 2 is 1.78 bits per heavy atom. The zero-order valence-electron chi connectivity index (χ0n) is 18.4. The van der Waals surface area contributed by atoms with Gasteiger partial charge >= 0.3 is 0 Å². The van der Waals surface area contributed by atoms with Gasteiger partial charge in [-0.2, -0.15) is 0 Å². The van der Waals surface area contributed by atoms with Gasteiger partial charge in [-0.15, -0.1) is 0 Å². The summed E-state index contributed by atoms with van der Waals surface area (Å²) < 4.78 is 29.2. The van der Waals surface area contributed by atoms with Crippen molar-refractivity contribution in [2.45, 2.75) is 44.3 Å². The van der Waals surface area contributed by atoms with Gasteiger partial charge < -0.3 is 5.32 Å². The van der Waals surface area contributed by atoms with E-state index in [1.54, 1.807) is 32.2 Å². The summed E-state index contributed by atoms with van der Waals surface area (Å²) in [5.41, 5.74) is 3.60. The van der Waals surface area contributed by atoms with Crippen LogP contribution in [0.5, 0.6) is 0 Å². The number of thioether (sulfide) groups is 1. The largest absolute Gasteiger partial charge is 0.351 e. The van der Waals surface area contributed by atoms with Crippen LogP contribution in [0.4, 0.5) is 0 Å². The lowest BCUT2D eigenvalue weighted by molar-refractivity contribution is -0.118. The third kappa shape index (κ3) is 6.69. The van der Waals surface area contributed by atoms with E-state index in [1.165, 1.54) is 11.8 Å². The maximum absolute atomic E-state index is 12.5. The second-order valence-electron chi connectivity index (χ2n) is 7.73. The minimum Gasteiger partial charge on any atom is -0.351 e. The van der Waals surface area contributed by atoms with E-state index in [9.17, 15) is 13.2 Å². The molecule has 2 aromatic carbocycles. The predicted molar refractivity (Wildman–Crippen MR) is 128 cm³/mol. The van der Waals surface area contributed by atoms with Gasteiger partial charge in [-0.25, -0.2) is 18.1 Å². The average molecular weight is 473 g/mol. The van der Waals surface area contributed by atoms with Gasteiger partial charge in [0.1, 0.15) is 0 Å². The van der Waals surface area contributed by atoms with Crippen LogP contribution in [0.15, 0.2) is 66.1 Å². The molecule has 0 spiro atoms. The van der Waals surface area contributed by atoms with E-state index in [2.05, 4.69) is 15.0 Å². The van der Waals surface area contributed by atoms with E-state index in [1.807, 2.05) is 54.1 Å². The van der Waals surface area contributed by atoms with Crippen molar-refractivity contribution in [3.63, 3.8) is 0 Å². The fourth-order valence-corrected chi connectivity index (χ4v) is 5.55. The van der Waals surface area contributed by atoms with Gasteiger partial charge in [0.15, 0.2) is 5.16 Å². The predicted octanol–water partition coefficient (Wildman–Crippen LogP) is 3.42. The normalized spacial score (nSPS) is 11.6. The van der Waals surface area contributed by atoms with Crippen molar-refractivity contribution in [2.75, 3.05) is 5.75 Å². The number of imidazole rings is 1. The fraction of sp³-hybridized carbons (Fsp3) is 0.304. The molecule has 0 radical (unpaired) electrons. The number of para-hydroxylation sites is 1. The van der Waals surface area contributed by atoms with E-state index in [0.29, 0.717) is 5.56 Å². The SMILES string of the molecule is Cc1ccccc1-n1ccnc1SCC(=O)NCc1ccccc1CS(=O)(=O)NC(C)C. The van der Waals surface area contributed by atoms with Crippen LogP contribution in [0.3, 0.4) is 0 Å². The lowest BCUT2D eigenvalue weighted by Crippen LogP contribution is -2.32. The first-order valence-corrected chi connectivity index (χ1v) is 12.9. The number of hydrogen-bond acceptors (Lipinski definition) is 5. The van der Waals surface area contributed by atoms with Crippen LogP contribution in [0.2, 0.25) is 0 Å². The topological polar surface area (TPSA) is 93.1 Å². The molecule has 32 heavy (non-hydrogen) atoms. The number of rotatable bonds is 10. The highest BCUT2D eigenvalue weighted by atomic mass is 32.2. The molecular weight excluding hydrogens is 444 g/mol. The number of aromatic nitrogens is 2. The molecule has 7 nitrogen and oxygen atoms in total. The molecule has 3 aromatic rings. The first kappa shape index (κ1) is 24.0. The van der Waals surface area contributed by atoms with Crippen molar-refractivity contribution < 1.29 is 13.2 Å². The smallest absolute Gasteiger partial charge is 0.230 e. The molecule has 170 valence electrons. The van der Waals surface area contributed by atoms with Crippen LogP contribution in [0.25, 0.3) is 5.69 Å². The van der Waals surface area contributed by atoms with E-state index in [-0.39, 0.29) is 30.0 Å². The number of hydrogen-bond donors (Lipinski definition) is 2. The molecule has 0 aliphatic carbocycles. The zero-order valence-corrected chi connectivity index (χ0v) is 20.0. The molecule has 0 bridgehead atoms. The average Bonchev–Trinajstić information content (AvgIpc) is 3.19. The molecule has 1 amide bonds. The molecule has 9 heteroatoms. The second kappa shape index (κ2) is 10.8. The summed E-state index contributed by atoms with van der Waals surface area (Å²) in [5, 5.41) is 3.62. The first-order chi connectivity index (χ1) is 15.2. The molecule has 0 fully saturated rings. The molecule has 1 heterocycles. The van der Waals surface area contributed by atoms with E-state index < -0.39 is 10.0 Å². The van der Waals surface area contributed by atoms with Crippen LogP contribution < -0.4 is 10.0 Å². The van der Waals surface area contributed by atoms with Crippen molar-refractivity contribution in [3.05, 3.63) is 77.6 Å². The molecule has 0 saturated heterocycles. The lowest BCUT2D eigenvalue weighted by Gasteiger charge is -2.13. The van der Waals surface area contributed by atoms with Crippen molar-refractivity contribution >= 4 is 27.7 Å². The summed E-state index contributed by atoms with van der Waals surface area (Å²) in [6, 6.07) is 15.1. The number of benzene rings is 2. The summed E-state index contributed by atoms with van der Waals surface area (Å²) >= 11 is 1.36. The molecule has 3 rings (SSSR count). The molecule has 0 unspecified atom stereocenters. The Balaban J connectivity index is 1.59. The maximum atomic E-state index is 12.5. The molecule has 0 aliphatic rings. The molecular formula is C23H28N4O3S2. The first-order valence-electron chi connectivity index (χ1n) is 10.3. The Morgan fingerprint density at radius 3 is 2.50 bits per heavy atom. The summed E-state index contributed by atoms with van der Waals surface area (Å²) in [6.07, 6.45) is 3.60. The Hall–Kier alpha value is -2.62. The molecule has 0 atom stereocenters. The summed E-state index contributed by atoms with van der Waals surface area (Å²) in [5.74, 6) is -0.0646. The van der Waals surface area contributed by atoms with Gasteiger partial charge in [-0.05, 0) is 43.5 Å². The summed E-state index contributed by atoms with van der Waals surface area (Å²) in [6.45, 7) is 5.86. The van der Waals surface area contributed by atoms with Gasteiger partial charge in [0, 0.05) is 25.0 Å². The number of aryl methyl sites for hydroxylation is 1. The number of carbonyl (C=O) groups excluding carboxylic acids is 1. The Morgan fingerprint density at radius 1 is 1.09 bits per heavy atom.